The minimum absolute atomic E-state index is 0.189. The van der Waals surface area contributed by atoms with Crippen molar-refractivity contribution in [2.75, 3.05) is 0 Å². The van der Waals surface area contributed by atoms with Crippen molar-refractivity contribution in [1.29, 1.82) is 0 Å². The number of fused-ring (bicyclic) bond motifs is 1. The van der Waals surface area contributed by atoms with Crippen LogP contribution in [0.5, 0.6) is 0 Å². The molecule has 0 bridgehead atoms. The van der Waals surface area contributed by atoms with Crippen molar-refractivity contribution >= 4 is 35.4 Å². The fourth-order valence-electron chi connectivity index (χ4n) is 1.56. The van der Waals surface area contributed by atoms with Gasteiger partial charge in [-0.15, -0.1) is 23.2 Å². The van der Waals surface area contributed by atoms with E-state index in [1.165, 1.54) is 0 Å². The molecule has 0 fully saturated rings. The van der Waals surface area contributed by atoms with Crippen molar-refractivity contribution in [2.24, 2.45) is 0 Å². The van der Waals surface area contributed by atoms with Gasteiger partial charge in [-0.3, -0.25) is 4.98 Å². The summed E-state index contributed by atoms with van der Waals surface area (Å²) in [4.78, 5) is 8.83. The van der Waals surface area contributed by atoms with E-state index in [1.807, 2.05) is 18.3 Å². The highest BCUT2D eigenvalue weighted by Gasteiger charge is 2.15. The van der Waals surface area contributed by atoms with Crippen LogP contribution < -0.4 is 10.7 Å². The standard InChI is InChI=1S/C11H12Cl2N2/c1-2-3-7-6-14-10-4-8(12)9(13)5-11(10)15-7/h4-6,8-9H,2-3H2,1H3. The molecule has 2 nitrogen and oxygen atoms in total. The van der Waals surface area contributed by atoms with Crippen LogP contribution in [0, 0.1) is 0 Å². The second kappa shape index (κ2) is 4.50. The number of rotatable bonds is 2. The first-order valence-corrected chi connectivity index (χ1v) is 5.92. The SMILES string of the molecule is CCCc1cnc2c(n1)=CC(Cl)C(Cl)C=2. The van der Waals surface area contributed by atoms with E-state index in [1.54, 1.807) is 0 Å². The van der Waals surface area contributed by atoms with Crippen molar-refractivity contribution in [1.82, 2.24) is 9.97 Å². The van der Waals surface area contributed by atoms with E-state index in [2.05, 4.69) is 16.9 Å². The molecule has 1 aromatic heterocycles. The van der Waals surface area contributed by atoms with Crippen LogP contribution in [0.25, 0.3) is 12.2 Å². The minimum atomic E-state index is -0.189. The number of hydrogen-bond donors (Lipinski definition) is 0. The third-order valence-corrected chi connectivity index (χ3v) is 3.25. The first kappa shape index (κ1) is 10.9. The molecule has 0 saturated heterocycles. The van der Waals surface area contributed by atoms with Gasteiger partial charge in [0.05, 0.1) is 27.1 Å². The molecule has 1 aliphatic carbocycles. The molecular weight excluding hydrogens is 231 g/mol. The minimum Gasteiger partial charge on any atom is -0.253 e. The van der Waals surface area contributed by atoms with Crippen LogP contribution in [0.3, 0.4) is 0 Å². The summed E-state index contributed by atoms with van der Waals surface area (Å²) in [5.41, 5.74) is 1.01. The molecule has 1 heterocycles. The molecule has 0 aliphatic heterocycles. The maximum Gasteiger partial charge on any atom is 0.0862 e. The van der Waals surface area contributed by atoms with E-state index >= 15 is 0 Å². The van der Waals surface area contributed by atoms with Gasteiger partial charge >= 0.3 is 0 Å². The van der Waals surface area contributed by atoms with Crippen LogP contribution in [0.1, 0.15) is 19.0 Å². The number of aromatic nitrogens is 2. The molecule has 2 atom stereocenters. The monoisotopic (exact) mass is 242 g/mol. The van der Waals surface area contributed by atoms with Gasteiger partial charge in [0.25, 0.3) is 0 Å². The van der Waals surface area contributed by atoms with Crippen LogP contribution in [0.2, 0.25) is 0 Å². The number of aryl methyl sites for hydroxylation is 1. The lowest BCUT2D eigenvalue weighted by Gasteiger charge is -2.11. The number of halogens is 2. The van der Waals surface area contributed by atoms with E-state index in [-0.39, 0.29) is 10.8 Å². The molecule has 1 aromatic rings. The summed E-state index contributed by atoms with van der Waals surface area (Å²) < 4.78 is 0. The zero-order valence-corrected chi connectivity index (χ0v) is 9.96. The topological polar surface area (TPSA) is 25.8 Å². The second-order valence-electron chi connectivity index (χ2n) is 3.60. The third-order valence-electron chi connectivity index (χ3n) is 2.32. The van der Waals surface area contributed by atoms with E-state index in [9.17, 15) is 0 Å². The van der Waals surface area contributed by atoms with Gasteiger partial charge in [-0.1, -0.05) is 13.3 Å². The fraction of sp³-hybridized carbons (Fsp3) is 0.455. The Morgan fingerprint density at radius 1 is 1.20 bits per heavy atom. The average Bonchev–Trinajstić information content (AvgIpc) is 2.21. The van der Waals surface area contributed by atoms with Crippen molar-refractivity contribution in [3.8, 4) is 0 Å². The summed E-state index contributed by atoms with van der Waals surface area (Å²) in [6.07, 6.45) is 7.56. The van der Waals surface area contributed by atoms with E-state index in [0.717, 1.165) is 29.2 Å². The lowest BCUT2D eigenvalue weighted by molar-refractivity contribution is 0.851. The van der Waals surface area contributed by atoms with Gasteiger partial charge in [0.2, 0.25) is 0 Å². The van der Waals surface area contributed by atoms with Gasteiger partial charge in [-0.2, -0.15) is 0 Å². The zero-order valence-electron chi connectivity index (χ0n) is 8.45. The van der Waals surface area contributed by atoms with E-state index in [0.29, 0.717) is 0 Å². The normalized spacial score (nSPS) is 23.9. The lowest BCUT2D eigenvalue weighted by Crippen LogP contribution is -2.39. The quantitative estimate of drug-likeness (QED) is 0.730. The summed E-state index contributed by atoms with van der Waals surface area (Å²) in [6, 6.07) is 0. The highest BCUT2D eigenvalue weighted by Crippen LogP contribution is 2.13. The number of alkyl halides is 2. The molecule has 0 radical (unpaired) electrons. The molecule has 0 aromatic carbocycles. The van der Waals surface area contributed by atoms with Gasteiger partial charge < -0.3 is 0 Å². The largest absolute Gasteiger partial charge is 0.253 e. The molecule has 4 heteroatoms. The van der Waals surface area contributed by atoms with Crippen molar-refractivity contribution in [2.45, 2.75) is 30.5 Å². The highest BCUT2D eigenvalue weighted by molar-refractivity contribution is 6.34. The summed E-state index contributed by atoms with van der Waals surface area (Å²) >= 11 is 12.0. The van der Waals surface area contributed by atoms with Crippen LogP contribution in [0.4, 0.5) is 0 Å². The Kier molecular flexibility index (Phi) is 3.27. The highest BCUT2D eigenvalue weighted by atomic mass is 35.5. The summed E-state index contributed by atoms with van der Waals surface area (Å²) in [6.45, 7) is 2.12. The van der Waals surface area contributed by atoms with E-state index < -0.39 is 0 Å². The zero-order chi connectivity index (χ0) is 10.8. The smallest absolute Gasteiger partial charge is 0.0862 e. The van der Waals surface area contributed by atoms with Crippen LogP contribution in [-0.2, 0) is 6.42 Å². The van der Waals surface area contributed by atoms with Crippen molar-refractivity contribution in [3.05, 3.63) is 22.6 Å². The molecule has 0 N–H and O–H groups in total. The Bertz CT molecular complexity index is 470. The second-order valence-corrected chi connectivity index (χ2v) is 4.61. The molecule has 1 aliphatic rings. The first-order valence-electron chi connectivity index (χ1n) is 5.04. The Morgan fingerprint density at radius 2 is 1.87 bits per heavy atom. The Balaban J connectivity index is 2.49. The van der Waals surface area contributed by atoms with Gasteiger partial charge in [-0.25, -0.2) is 4.98 Å². The van der Waals surface area contributed by atoms with Gasteiger partial charge in [0.15, 0.2) is 0 Å². The maximum absolute atomic E-state index is 6.04. The van der Waals surface area contributed by atoms with Gasteiger partial charge in [0.1, 0.15) is 0 Å². The lowest BCUT2D eigenvalue weighted by atomic mass is 10.2. The summed E-state index contributed by atoms with van der Waals surface area (Å²) in [7, 11) is 0. The molecule has 0 spiro atoms. The van der Waals surface area contributed by atoms with Crippen molar-refractivity contribution < 1.29 is 0 Å². The fourth-order valence-corrected chi connectivity index (χ4v) is 1.95. The predicted molar refractivity (Wildman–Crippen MR) is 63.5 cm³/mol. The molecular formula is C11H12Cl2N2. The number of nitrogens with zero attached hydrogens (tertiary/aromatic N) is 2. The van der Waals surface area contributed by atoms with Gasteiger partial charge in [0, 0.05) is 6.20 Å². The van der Waals surface area contributed by atoms with Crippen molar-refractivity contribution in [3.63, 3.8) is 0 Å². The Hall–Kier alpha value is -0.600. The molecule has 2 rings (SSSR count). The van der Waals surface area contributed by atoms with Gasteiger partial charge in [-0.05, 0) is 18.6 Å². The summed E-state index contributed by atoms with van der Waals surface area (Å²) in [5, 5.41) is 1.32. The van der Waals surface area contributed by atoms with Crippen LogP contribution >= 0.6 is 23.2 Å². The van der Waals surface area contributed by atoms with Crippen LogP contribution in [-0.4, -0.2) is 20.7 Å². The predicted octanol–water partition coefficient (Wildman–Crippen LogP) is 1.22. The Labute approximate surface area is 98.6 Å². The molecule has 80 valence electrons. The molecule has 15 heavy (non-hydrogen) atoms. The van der Waals surface area contributed by atoms with E-state index in [4.69, 9.17) is 23.2 Å². The summed E-state index contributed by atoms with van der Waals surface area (Å²) in [5.74, 6) is 0. The third kappa shape index (κ3) is 2.32. The van der Waals surface area contributed by atoms with Crippen LogP contribution in [0.15, 0.2) is 6.20 Å². The number of hydrogen-bond acceptors (Lipinski definition) is 2. The molecule has 2 unspecified atom stereocenters. The molecule has 0 amide bonds. The first-order chi connectivity index (χ1) is 7.20. The molecule has 0 saturated carbocycles. The average molecular weight is 243 g/mol. The Morgan fingerprint density at radius 3 is 2.53 bits per heavy atom. The maximum atomic E-state index is 6.04.